The number of H-pyrrole nitrogens is 1. The first kappa shape index (κ1) is 29.6. The Kier molecular flexibility index (Phi) is 7.79. The molecule has 2 aliphatic heterocycles. The second kappa shape index (κ2) is 11.6. The summed E-state index contributed by atoms with van der Waals surface area (Å²) in [7, 11) is -2.34. The van der Waals surface area contributed by atoms with Gasteiger partial charge in [0, 0.05) is 16.5 Å². The highest BCUT2D eigenvalue weighted by Gasteiger charge is 2.56. The highest BCUT2D eigenvalue weighted by atomic mass is 32.2. The number of fused-ring (bicyclic) bond motifs is 2. The maximum Gasteiger partial charge on any atom is 0.305 e. The fourth-order valence-electron chi connectivity index (χ4n) is 5.23. The zero-order valence-electron chi connectivity index (χ0n) is 22.9. The molecule has 6 rings (SSSR count). The van der Waals surface area contributed by atoms with Crippen LogP contribution in [0.5, 0.6) is 11.5 Å². The number of ether oxygens (including phenoxy) is 2. The van der Waals surface area contributed by atoms with E-state index in [9.17, 15) is 27.6 Å². The van der Waals surface area contributed by atoms with E-state index in [4.69, 9.17) is 14.6 Å². The molecule has 2 unspecified atom stereocenters. The Bertz CT molecular complexity index is 1940. The van der Waals surface area contributed by atoms with Gasteiger partial charge in [-0.15, -0.1) is 0 Å². The lowest BCUT2D eigenvalue weighted by molar-refractivity contribution is -0.122. The fraction of sp³-hybridized carbons (Fsp3) is 0.172. The van der Waals surface area contributed by atoms with Crippen molar-refractivity contribution in [2.24, 2.45) is 11.1 Å². The average molecular weight is 653 g/mol. The van der Waals surface area contributed by atoms with Crippen molar-refractivity contribution in [3.8, 4) is 11.5 Å². The minimum Gasteiger partial charge on any atom is -0.497 e. The lowest BCUT2D eigenvalue weighted by Crippen LogP contribution is -2.32. The number of hydrogen-bond donors (Lipinski definition) is 3. The summed E-state index contributed by atoms with van der Waals surface area (Å²) in [5.74, 6) is -1.73. The number of methoxy groups -OCH3 is 1. The Balaban J connectivity index is 1.24. The van der Waals surface area contributed by atoms with Crippen molar-refractivity contribution in [3.05, 3.63) is 92.9 Å². The van der Waals surface area contributed by atoms with Gasteiger partial charge in [0.25, 0.3) is 5.91 Å². The summed E-state index contributed by atoms with van der Waals surface area (Å²) in [5.41, 5.74) is 1.42. The van der Waals surface area contributed by atoms with E-state index in [-0.39, 0.29) is 28.2 Å². The summed E-state index contributed by atoms with van der Waals surface area (Å²) in [5, 5.41) is 7.51. The lowest BCUT2D eigenvalue weighted by atomic mass is 9.83. The van der Waals surface area contributed by atoms with E-state index in [2.05, 4.69) is 10.3 Å². The zero-order valence-corrected chi connectivity index (χ0v) is 25.3. The summed E-state index contributed by atoms with van der Waals surface area (Å²) in [6.07, 6.45) is 0. The summed E-state index contributed by atoms with van der Waals surface area (Å²) < 4.78 is 33.8. The van der Waals surface area contributed by atoms with Gasteiger partial charge in [0.05, 0.1) is 28.6 Å². The number of benzene rings is 3. The molecule has 1 fully saturated rings. The first-order valence-electron chi connectivity index (χ1n) is 13.1. The van der Waals surface area contributed by atoms with Crippen LogP contribution in [0.3, 0.4) is 0 Å². The molecule has 0 saturated carbocycles. The topological polar surface area (TPSA) is 178 Å². The van der Waals surface area contributed by atoms with Crippen molar-refractivity contribution in [2.75, 3.05) is 23.9 Å². The fourth-order valence-corrected chi connectivity index (χ4v) is 8.26. The summed E-state index contributed by atoms with van der Waals surface area (Å²) in [6.45, 7) is -0.363. The minimum atomic E-state index is -3.86. The molecule has 3 heterocycles. The number of hydrogen-bond acceptors (Lipinski definition) is 10. The van der Waals surface area contributed by atoms with Crippen LogP contribution in [-0.4, -0.2) is 50.1 Å². The molecule has 12 nitrogen and oxygen atoms in total. The Labute approximate surface area is 259 Å². The second-order valence-corrected chi connectivity index (χ2v) is 13.7. The van der Waals surface area contributed by atoms with Crippen molar-refractivity contribution in [2.45, 2.75) is 21.1 Å². The van der Waals surface area contributed by atoms with Crippen molar-refractivity contribution in [1.29, 1.82) is 0 Å². The van der Waals surface area contributed by atoms with Gasteiger partial charge < -0.3 is 19.8 Å². The standard InChI is InChI=1S/C29H24N4O8S3/c1-40-18-9-7-17(8-10-18)33-27(35)23-22(24-26(32-29(37)43-24)42-25(23)28(33)36)15-3-2-4-19(13-15)41-14-21(34)31-16-5-11-20(12-6-16)44(30,38)39/h2-13,22-23,25H,14H2,1H3,(H,31,34)(H,32,37)(H2,30,38,39)/t22-,23?,25?/m1/s1. The molecule has 0 radical (unpaired) electrons. The van der Waals surface area contributed by atoms with Gasteiger partial charge in [-0.05, 0) is 66.2 Å². The monoisotopic (exact) mass is 652 g/mol. The van der Waals surface area contributed by atoms with Crippen molar-refractivity contribution in [3.63, 3.8) is 0 Å². The van der Waals surface area contributed by atoms with Crippen LogP contribution in [0.2, 0.25) is 0 Å². The number of carbonyl (C=O) groups is 3. The number of primary sulfonamides is 1. The Hall–Kier alpha value is -4.44. The number of aromatic amines is 1. The summed E-state index contributed by atoms with van der Waals surface area (Å²) in [4.78, 5) is 56.7. The van der Waals surface area contributed by atoms with Crippen molar-refractivity contribution < 1.29 is 32.3 Å². The van der Waals surface area contributed by atoms with Crippen LogP contribution >= 0.6 is 23.1 Å². The first-order valence-corrected chi connectivity index (χ1v) is 16.3. The van der Waals surface area contributed by atoms with E-state index >= 15 is 0 Å². The molecule has 44 heavy (non-hydrogen) atoms. The SMILES string of the molecule is COc1ccc(N2C(=O)C3Sc4[nH]c(=O)sc4[C@H](c4cccc(OCC(=O)Nc5ccc(S(N)(=O)=O)cc5)c4)C3C2=O)cc1. The third kappa shape index (κ3) is 5.61. The van der Waals surface area contributed by atoms with Gasteiger partial charge in [0.15, 0.2) is 6.61 Å². The van der Waals surface area contributed by atoms with E-state index in [1.165, 1.54) is 48.0 Å². The van der Waals surface area contributed by atoms with Crippen LogP contribution in [-0.2, 0) is 24.4 Å². The zero-order chi connectivity index (χ0) is 31.2. The lowest BCUT2D eigenvalue weighted by Gasteiger charge is -2.30. The Morgan fingerprint density at radius 2 is 1.73 bits per heavy atom. The predicted octanol–water partition coefficient (Wildman–Crippen LogP) is 2.91. The molecule has 3 atom stereocenters. The number of aromatic nitrogens is 1. The van der Waals surface area contributed by atoms with Gasteiger partial charge in [0.1, 0.15) is 16.7 Å². The highest BCUT2D eigenvalue weighted by Crippen LogP contribution is 2.53. The number of amides is 3. The highest BCUT2D eigenvalue weighted by molar-refractivity contribution is 8.00. The molecule has 0 aliphatic carbocycles. The molecule has 4 N–H and O–H groups in total. The Morgan fingerprint density at radius 1 is 1.00 bits per heavy atom. The van der Waals surface area contributed by atoms with Gasteiger partial charge >= 0.3 is 4.87 Å². The smallest absolute Gasteiger partial charge is 0.305 e. The van der Waals surface area contributed by atoms with Crippen molar-refractivity contribution >= 4 is 62.2 Å². The molecule has 2 aliphatic rings. The number of nitrogens with one attached hydrogen (secondary N) is 2. The molecule has 3 amide bonds. The number of nitrogens with zero attached hydrogens (tertiary/aromatic N) is 1. The third-order valence-corrected chi connectivity index (χ3v) is 10.5. The molecule has 4 aromatic rings. The number of thioether (sulfide) groups is 1. The number of sulfonamides is 1. The number of rotatable bonds is 8. The van der Waals surface area contributed by atoms with Gasteiger partial charge in [0.2, 0.25) is 21.8 Å². The van der Waals surface area contributed by atoms with Gasteiger partial charge in [-0.25, -0.2) is 18.5 Å². The van der Waals surface area contributed by atoms with Crippen LogP contribution in [0.25, 0.3) is 0 Å². The summed E-state index contributed by atoms with van der Waals surface area (Å²) in [6, 6.07) is 18.9. The van der Waals surface area contributed by atoms with Crippen LogP contribution in [0, 0.1) is 5.92 Å². The molecular formula is C29H24N4O8S3. The molecule has 226 valence electrons. The van der Waals surface area contributed by atoms with E-state index in [0.717, 1.165) is 11.3 Å². The number of thiazole rings is 1. The molecule has 0 bridgehead atoms. The van der Waals surface area contributed by atoms with Crippen LogP contribution in [0.1, 0.15) is 16.4 Å². The van der Waals surface area contributed by atoms with Gasteiger partial charge in [-0.2, -0.15) is 0 Å². The van der Waals surface area contributed by atoms with Gasteiger partial charge in [-0.1, -0.05) is 35.2 Å². The van der Waals surface area contributed by atoms with Crippen LogP contribution < -0.4 is 29.7 Å². The molecule has 15 heteroatoms. The normalized spacial score (nSPS) is 19.3. The second-order valence-electron chi connectivity index (χ2n) is 9.94. The van der Waals surface area contributed by atoms with Crippen LogP contribution in [0.15, 0.2) is 87.5 Å². The van der Waals surface area contributed by atoms with E-state index in [1.54, 1.807) is 48.5 Å². The maximum atomic E-state index is 13.9. The van der Waals surface area contributed by atoms with Crippen LogP contribution in [0.4, 0.5) is 11.4 Å². The molecule has 1 saturated heterocycles. The Morgan fingerprint density at radius 3 is 2.41 bits per heavy atom. The summed E-state index contributed by atoms with van der Waals surface area (Å²) >= 11 is 2.17. The first-order chi connectivity index (χ1) is 21.0. The quantitative estimate of drug-likeness (QED) is 0.242. The maximum absolute atomic E-state index is 13.9. The molecule has 0 spiro atoms. The molecular weight excluding hydrogens is 629 g/mol. The minimum absolute atomic E-state index is 0.0860. The van der Waals surface area contributed by atoms with Gasteiger partial charge in [-0.3, -0.25) is 19.2 Å². The van der Waals surface area contributed by atoms with Crippen molar-refractivity contribution in [1.82, 2.24) is 4.98 Å². The van der Waals surface area contributed by atoms with E-state index in [0.29, 0.717) is 38.3 Å². The predicted molar refractivity (Wildman–Crippen MR) is 164 cm³/mol. The number of nitrogens with two attached hydrogens (primary N) is 1. The average Bonchev–Trinajstić information content (AvgIpc) is 3.50. The van der Waals surface area contributed by atoms with E-state index < -0.39 is 33.0 Å². The molecule has 3 aromatic carbocycles. The molecule has 1 aromatic heterocycles. The van der Waals surface area contributed by atoms with E-state index in [1.807, 2.05) is 0 Å². The number of carbonyl (C=O) groups excluding carboxylic acids is 3. The number of imide groups is 1. The number of anilines is 2. The third-order valence-electron chi connectivity index (χ3n) is 7.21. The largest absolute Gasteiger partial charge is 0.497 e.